The van der Waals surface area contributed by atoms with E-state index < -0.39 is 24.5 Å². The molecule has 0 bridgehead atoms. The second kappa shape index (κ2) is 8.02. The fraction of sp³-hybridized carbons (Fsp3) is 0.571. The number of hydrogen-bond donors (Lipinski definition) is 2. The number of ether oxygens (including phenoxy) is 1. The van der Waals surface area contributed by atoms with E-state index in [1.54, 1.807) is 10.3 Å². The van der Waals surface area contributed by atoms with E-state index in [0.29, 0.717) is 13.1 Å². The molecule has 126 valence electrons. The van der Waals surface area contributed by atoms with Crippen molar-refractivity contribution in [3.63, 3.8) is 0 Å². The number of piperidine rings is 1. The molecule has 1 atom stereocenters. The van der Waals surface area contributed by atoms with Crippen molar-refractivity contribution in [1.29, 1.82) is 0 Å². The van der Waals surface area contributed by atoms with Crippen molar-refractivity contribution < 1.29 is 24.2 Å². The fourth-order valence-corrected chi connectivity index (χ4v) is 3.36. The van der Waals surface area contributed by atoms with Gasteiger partial charge in [0.15, 0.2) is 6.04 Å². The minimum Gasteiger partial charge on any atom is -0.467 e. The zero-order valence-electron chi connectivity index (χ0n) is 12.7. The van der Waals surface area contributed by atoms with Gasteiger partial charge in [0.05, 0.1) is 18.7 Å². The van der Waals surface area contributed by atoms with E-state index in [-0.39, 0.29) is 11.6 Å². The molecule has 23 heavy (non-hydrogen) atoms. The number of aliphatic hydroxyl groups excluding tert-OH is 1. The lowest BCUT2D eigenvalue weighted by Gasteiger charge is -2.27. The Kier molecular flexibility index (Phi) is 6.05. The SMILES string of the molecule is COC(=O)C(CO)NC(=O)c1csc(C2CCN(C=O)CC2)n1. The molecule has 1 fully saturated rings. The van der Waals surface area contributed by atoms with Crippen molar-refractivity contribution in [2.75, 3.05) is 26.8 Å². The number of nitrogens with one attached hydrogen (secondary N) is 1. The Balaban J connectivity index is 1.97. The maximum atomic E-state index is 12.1. The van der Waals surface area contributed by atoms with Gasteiger partial charge in [-0.2, -0.15) is 0 Å². The molecule has 1 aromatic rings. The standard InChI is InChI=1S/C14H19N3O5S/c1-22-14(21)10(6-18)15-12(20)11-7-23-13(16-11)9-2-4-17(8-19)5-3-9/h7-10,18H,2-6H2,1H3,(H,15,20). The summed E-state index contributed by atoms with van der Waals surface area (Å²) in [5.74, 6) is -1.01. The second-order valence-electron chi connectivity index (χ2n) is 5.22. The number of methoxy groups -OCH3 is 1. The van der Waals surface area contributed by atoms with Crippen LogP contribution in [0.15, 0.2) is 5.38 Å². The highest BCUT2D eigenvalue weighted by Crippen LogP contribution is 2.29. The molecule has 0 spiro atoms. The van der Waals surface area contributed by atoms with Crippen LogP contribution >= 0.6 is 11.3 Å². The molecular weight excluding hydrogens is 322 g/mol. The summed E-state index contributed by atoms with van der Waals surface area (Å²) in [6.07, 6.45) is 2.47. The van der Waals surface area contributed by atoms with Crippen LogP contribution in [0.4, 0.5) is 0 Å². The number of esters is 1. The highest BCUT2D eigenvalue weighted by Gasteiger charge is 2.25. The summed E-state index contributed by atoms with van der Waals surface area (Å²) in [5, 5.41) is 14.0. The van der Waals surface area contributed by atoms with Crippen LogP contribution < -0.4 is 5.32 Å². The lowest BCUT2D eigenvalue weighted by atomic mass is 9.98. The van der Waals surface area contributed by atoms with Crippen LogP contribution in [0, 0.1) is 0 Å². The predicted molar refractivity (Wildman–Crippen MR) is 82.1 cm³/mol. The summed E-state index contributed by atoms with van der Waals surface area (Å²) >= 11 is 1.38. The Morgan fingerprint density at radius 1 is 1.57 bits per heavy atom. The Morgan fingerprint density at radius 2 is 2.26 bits per heavy atom. The molecule has 1 aliphatic rings. The second-order valence-corrected chi connectivity index (χ2v) is 6.11. The summed E-state index contributed by atoms with van der Waals surface area (Å²) in [7, 11) is 1.18. The van der Waals surface area contributed by atoms with Gasteiger partial charge >= 0.3 is 5.97 Å². The van der Waals surface area contributed by atoms with Crippen molar-refractivity contribution in [1.82, 2.24) is 15.2 Å². The van der Waals surface area contributed by atoms with E-state index in [1.165, 1.54) is 18.4 Å². The number of thiazole rings is 1. The van der Waals surface area contributed by atoms with Crippen molar-refractivity contribution in [3.8, 4) is 0 Å². The van der Waals surface area contributed by atoms with Gasteiger partial charge in [-0.15, -0.1) is 11.3 Å². The molecule has 9 heteroatoms. The van der Waals surface area contributed by atoms with Crippen LogP contribution in [-0.2, 0) is 14.3 Å². The van der Waals surface area contributed by atoms with Crippen molar-refractivity contribution >= 4 is 29.6 Å². The van der Waals surface area contributed by atoms with Crippen LogP contribution in [0.5, 0.6) is 0 Å². The zero-order valence-corrected chi connectivity index (χ0v) is 13.5. The van der Waals surface area contributed by atoms with E-state index in [2.05, 4.69) is 15.0 Å². The lowest BCUT2D eigenvalue weighted by Crippen LogP contribution is -2.44. The average molecular weight is 341 g/mol. The first-order valence-electron chi connectivity index (χ1n) is 7.23. The number of rotatable bonds is 6. The van der Waals surface area contributed by atoms with Crippen LogP contribution in [-0.4, -0.2) is 66.1 Å². The molecule has 2 rings (SSSR count). The molecule has 2 heterocycles. The van der Waals surface area contributed by atoms with Crippen LogP contribution in [0.25, 0.3) is 0 Å². The van der Waals surface area contributed by atoms with Crippen LogP contribution in [0.1, 0.15) is 34.3 Å². The van der Waals surface area contributed by atoms with Crippen molar-refractivity contribution in [2.24, 2.45) is 0 Å². The first-order valence-corrected chi connectivity index (χ1v) is 8.11. The molecule has 1 aliphatic heterocycles. The van der Waals surface area contributed by atoms with Gasteiger partial charge in [0.2, 0.25) is 6.41 Å². The van der Waals surface area contributed by atoms with Gasteiger partial charge in [0, 0.05) is 24.4 Å². The molecule has 2 amide bonds. The number of nitrogens with zero attached hydrogens (tertiary/aromatic N) is 2. The molecule has 2 N–H and O–H groups in total. The number of likely N-dealkylation sites (tertiary alicyclic amines) is 1. The monoisotopic (exact) mass is 341 g/mol. The molecular formula is C14H19N3O5S. The Hall–Kier alpha value is -2.00. The first-order chi connectivity index (χ1) is 11.1. The van der Waals surface area contributed by atoms with Gasteiger partial charge in [0.1, 0.15) is 5.69 Å². The predicted octanol–water partition coefficient (Wildman–Crippen LogP) is -0.257. The molecule has 0 radical (unpaired) electrons. The Morgan fingerprint density at radius 3 is 2.83 bits per heavy atom. The number of aliphatic hydroxyl groups is 1. The number of hydrogen-bond acceptors (Lipinski definition) is 7. The van der Waals surface area contributed by atoms with Gasteiger partial charge in [0.25, 0.3) is 5.91 Å². The summed E-state index contributed by atoms with van der Waals surface area (Å²) in [6, 6.07) is -1.10. The van der Waals surface area contributed by atoms with Crippen molar-refractivity contribution in [3.05, 3.63) is 16.1 Å². The molecule has 0 aromatic carbocycles. The summed E-state index contributed by atoms with van der Waals surface area (Å²) < 4.78 is 4.50. The quantitative estimate of drug-likeness (QED) is 0.545. The number of amides is 2. The van der Waals surface area contributed by atoms with Crippen molar-refractivity contribution in [2.45, 2.75) is 24.8 Å². The summed E-state index contributed by atoms with van der Waals surface area (Å²) in [4.78, 5) is 40.2. The topological polar surface area (TPSA) is 109 Å². The molecule has 1 aromatic heterocycles. The molecule has 8 nitrogen and oxygen atoms in total. The minimum absolute atomic E-state index is 0.213. The van der Waals surface area contributed by atoms with Gasteiger partial charge in [-0.1, -0.05) is 0 Å². The first kappa shape index (κ1) is 17.4. The van der Waals surface area contributed by atoms with Gasteiger partial charge in [-0.3, -0.25) is 9.59 Å². The van der Waals surface area contributed by atoms with E-state index in [0.717, 1.165) is 24.3 Å². The third-order valence-electron chi connectivity index (χ3n) is 3.76. The van der Waals surface area contributed by atoms with Gasteiger partial charge in [-0.25, -0.2) is 9.78 Å². The number of carbonyl (C=O) groups is 3. The molecule has 1 unspecified atom stereocenters. The summed E-state index contributed by atoms with van der Waals surface area (Å²) in [5.41, 5.74) is 0.213. The highest BCUT2D eigenvalue weighted by atomic mass is 32.1. The van der Waals surface area contributed by atoms with Gasteiger partial charge in [-0.05, 0) is 12.8 Å². The normalized spacial score (nSPS) is 16.7. The number of carbonyl (C=O) groups excluding carboxylic acids is 3. The van der Waals surface area contributed by atoms with E-state index in [4.69, 9.17) is 5.11 Å². The molecule has 0 aliphatic carbocycles. The molecule has 1 saturated heterocycles. The minimum atomic E-state index is -1.10. The smallest absolute Gasteiger partial charge is 0.330 e. The largest absolute Gasteiger partial charge is 0.467 e. The zero-order chi connectivity index (χ0) is 16.8. The average Bonchev–Trinajstić information content (AvgIpc) is 3.09. The summed E-state index contributed by atoms with van der Waals surface area (Å²) in [6.45, 7) is 0.827. The third kappa shape index (κ3) is 4.26. The fourth-order valence-electron chi connectivity index (χ4n) is 2.38. The van der Waals surface area contributed by atoms with E-state index in [1.807, 2.05) is 0 Å². The van der Waals surface area contributed by atoms with E-state index in [9.17, 15) is 14.4 Å². The Labute approximate surface area is 137 Å². The lowest BCUT2D eigenvalue weighted by molar-refractivity contribution is -0.143. The third-order valence-corrected chi connectivity index (χ3v) is 4.76. The molecule has 0 saturated carbocycles. The Bertz CT molecular complexity index is 569. The van der Waals surface area contributed by atoms with Crippen LogP contribution in [0.3, 0.4) is 0 Å². The van der Waals surface area contributed by atoms with E-state index >= 15 is 0 Å². The number of aromatic nitrogens is 1. The van der Waals surface area contributed by atoms with Gasteiger partial charge < -0.3 is 20.1 Å². The maximum absolute atomic E-state index is 12.1. The maximum Gasteiger partial charge on any atom is 0.330 e. The highest BCUT2D eigenvalue weighted by molar-refractivity contribution is 7.09. The van der Waals surface area contributed by atoms with Crippen LogP contribution in [0.2, 0.25) is 0 Å².